The predicted molar refractivity (Wildman–Crippen MR) is 66.3 cm³/mol. The van der Waals surface area contributed by atoms with Crippen molar-refractivity contribution >= 4 is 16.6 Å². The highest BCUT2D eigenvalue weighted by Gasteiger charge is 2.10. The average molecular weight is 213 g/mol. The summed E-state index contributed by atoms with van der Waals surface area (Å²) in [6, 6.07) is 13.9. The summed E-state index contributed by atoms with van der Waals surface area (Å²) >= 11 is 0. The Morgan fingerprint density at radius 1 is 1.19 bits per heavy atom. The highest BCUT2D eigenvalue weighted by molar-refractivity contribution is 5.87. The second kappa shape index (κ2) is 4.45. The summed E-state index contributed by atoms with van der Waals surface area (Å²) in [4.78, 5) is 11.2. The van der Waals surface area contributed by atoms with Gasteiger partial charge in [-0.25, -0.2) is 0 Å². The lowest BCUT2D eigenvalue weighted by molar-refractivity contribution is -0.118. The number of fused-ring (bicyclic) bond motifs is 1. The third kappa shape index (κ3) is 2.12. The van der Waals surface area contributed by atoms with Gasteiger partial charge in [0.1, 0.15) is 5.78 Å². The zero-order valence-electron chi connectivity index (χ0n) is 9.31. The van der Waals surface area contributed by atoms with E-state index < -0.39 is 6.04 Å². The number of ketones is 1. The molecule has 0 aliphatic heterocycles. The van der Waals surface area contributed by atoms with Crippen LogP contribution in [0.25, 0.3) is 10.8 Å². The SMILES string of the molecule is CC(=O)[C@H](N)Cc1cccc2ccccc12. The van der Waals surface area contributed by atoms with E-state index in [1.54, 1.807) is 0 Å². The fourth-order valence-corrected chi connectivity index (χ4v) is 1.85. The zero-order valence-corrected chi connectivity index (χ0v) is 9.31. The Hall–Kier alpha value is -1.67. The van der Waals surface area contributed by atoms with Gasteiger partial charge in [-0.05, 0) is 29.7 Å². The van der Waals surface area contributed by atoms with E-state index in [4.69, 9.17) is 5.73 Å². The number of benzene rings is 2. The van der Waals surface area contributed by atoms with E-state index in [-0.39, 0.29) is 5.78 Å². The van der Waals surface area contributed by atoms with Crippen molar-refractivity contribution in [3.8, 4) is 0 Å². The van der Waals surface area contributed by atoms with Crippen molar-refractivity contribution < 1.29 is 4.79 Å². The molecule has 2 nitrogen and oxygen atoms in total. The van der Waals surface area contributed by atoms with E-state index >= 15 is 0 Å². The summed E-state index contributed by atoms with van der Waals surface area (Å²) in [5.74, 6) is 0.0351. The van der Waals surface area contributed by atoms with Gasteiger partial charge in [0.05, 0.1) is 6.04 Å². The van der Waals surface area contributed by atoms with Crippen molar-refractivity contribution in [1.29, 1.82) is 0 Å². The van der Waals surface area contributed by atoms with Crippen LogP contribution < -0.4 is 5.73 Å². The van der Waals surface area contributed by atoms with E-state index in [9.17, 15) is 4.79 Å². The Bertz CT molecular complexity index is 514. The Labute approximate surface area is 95.1 Å². The van der Waals surface area contributed by atoms with Crippen molar-refractivity contribution in [2.75, 3.05) is 0 Å². The van der Waals surface area contributed by atoms with Gasteiger partial charge in [0, 0.05) is 0 Å². The van der Waals surface area contributed by atoms with Crippen LogP contribution in [0.15, 0.2) is 42.5 Å². The molecule has 0 saturated heterocycles. The molecule has 0 spiro atoms. The van der Waals surface area contributed by atoms with Crippen LogP contribution in [0.3, 0.4) is 0 Å². The van der Waals surface area contributed by atoms with Crippen LogP contribution in [0, 0.1) is 0 Å². The summed E-state index contributed by atoms with van der Waals surface area (Å²) in [6.07, 6.45) is 0.608. The predicted octanol–water partition coefficient (Wildman–Crippen LogP) is 2.30. The maximum Gasteiger partial charge on any atom is 0.146 e. The molecule has 2 aromatic rings. The molecule has 2 N–H and O–H groups in total. The number of carbonyl (C=O) groups is 1. The summed E-state index contributed by atoms with van der Waals surface area (Å²) in [5, 5.41) is 2.37. The van der Waals surface area contributed by atoms with Crippen LogP contribution >= 0.6 is 0 Å². The standard InChI is InChI=1S/C14H15NO/c1-10(16)14(15)9-12-7-4-6-11-5-2-3-8-13(11)12/h2-8,14H,9,15H2,1H3/t14-/m1/s1. The lowest BCUT2D eigenvalue weighted by Gasteiger charge is -2.10. The van der Waals surface area contributed by atoms with E-state index in [0.717, 1.165) is 5.56 Å². The Balaban J connectivity index is 2.41. The molecule has 2 heteroatoms. The van der Waals surface area contributed by atoms with Crippen LogP contribution in [-0.2, 0) is 11.2 Å². The van der Waals surface area contributed by atoms with Crippen LogP contribution in [-0.4, -0.2) is 11.8 Å². The largest absolute Gasteiger partial charge is 0.321 e. The first-order chi connectivity index (χ1) is 7.68. The van der Waals surface area contributed by atoms with E-state index in [1.165, 1.54) is 17.7 Å². The van der Waals surface area contributed by atoms with Gasteiger partial charge < -0.3 is 5.73 Å². The summed E-state index contributed by atoms with van der Waals surface area (Å²) in [6.45, 7) is 1.54. The minimum absolute atomic E-state index is 0.0351. The Morgan fingerprint density at radius 3 is 2.62 bits per heavy atom. The maximum atomic E-state index is 11.2. The van der Waals surface area contributed by atoms with Gasteiger partial charge in [-0.1, -0.05) is 42.5 Å². The van der Waals surface area contributed by atoms with Crippen LogP contribution in [0.5, 0.6) is 0 Å². The van der Waals surface area contributed by atoms with Crippen LogP contribution in [0.4, 0.5) is 0 Å². The number of nitrogens with two attached hydrogens (primary N) is 1. The van der Waals surface area contributed by atoms with Crippen molar-refractivity contribution in [3.63, 3.8) is 0 Å². The summed E-state index contributed by atoms with van der Waals surface area (Å²) in [5.41, 5.74) is 6.93. The number of carbonyl (C=O) groups excluding carboxylic acids is 1. The monoisotopic (exact) mass is 213 g/mol. The molecule has 0 heterocycles. The van der Waals surface area contributed by atoms with Crippen molar-refractivity contribution in [2.24, 2.45) is 5.73 Å². The number of hydrogen-bond acceptors (Lipinski definition) is 2. The van der Waals surface area contributed by atoms with Gasteiger partial charge in [0.25, 0.3) is 0 Å². The van der Waals surface area contributed by atoms with Gasteiger partial charge in [0.2, 0.25) is 0 Å². The third-order valence-corrected chi connectivity index (χ3v) is 2.84. The average Bonchev–Trinajstić information content (AvgIpc) is 2.29. The first kappa shape index (κ1) is 10.8. The lowest BCUT2D eigenvalue weighted by atomic mass is 9.98. The van der Waals surface area contributed by atoms with Gasteiger partial charge in [0.15, 0.2) is 0 Å². The Kier molecular flexibility index (Phi) is 3.02. The maximum absolute atomic E-state index is 11.2. The van der Waals surface area contributed by atoms with E-state index in [0.29, 0.717) is 6.42 Å². The summed E-state index contributed by atoms with van der Waals surface area (Å²) in [7, 11) is 0. The van der Waals surface area contributed by atoms with Crippen molar-refractivity contribution in [2.45, 2.75) is 19.4 Å². The molecule has 2 rings (SSSR count). The molecule has 82 valence electrons. The smallest absolute Gasteiger partial charge is 0.146 e. The van der Waals surface area contributed by atoms with Gasteiger partial charge in [-0.15, -0.1) is 0 Å². The second-order valence-corrected chi connectivity index (χ2v) is 4.06. The third-order valence-electron chi connectivity index (χ3n) is 2.84. The van der Waals surface area contributed by atoms with Crippen LogP contribution in [0.1, 0.15) is 12.5 Å². The van der Waals surface area contributed by atoms with Crippen molar-refractivity contribution in [3.05, 3.63) is 48.0 Å². The molecule has 0 radical (unpaired) electrons. The minimum Gasteiger partial charge on any atom is -0.321 e. The zero-order chi connectivity index (χ0) is 11.5. The molecular formula is C14H15NO. The minimum atomic E-state index is -0.397. The lowest BCUT2D eigenvalue weighted by Crippen LogP contribution is -2.30. The van der Waals surface area contributed by atoms with Gasteiger partial charge in [-0.2, -0.15) is 0 Å². The first-order valence-corrected chi connectivity index (χ1v) is 5.41. The van der Waals surface area contributed by atoms with Crippen LogP contribution in [0.2, 0.25) is 0 Å². The highest BCUT2D eigenvalue weighted by Crippen LogP contribution is 2.19. The molecule has 0 aliphatic rings. The molecule has 0 aliphatic carbocycles. The normalized spacial score (nSPS) is 12.6. The fourth-order valence-electron chi connectivity index (χ4n) is 1.85. The van der Waals surface area contributed by atoms with Gasteiger partial charge >= 0.3 is 0 Å². The molecule has 0 unspecified atom stereocenters. The molecule has 0 saturated carbocycles. The van der Waals surface area contributed by atoms with Crippen molar-refractivity contribution in [1.82, 2.24) is 0 Å². The first-order valence-electron chi connectivity index (χ1n) is 5.41. The fraction of sp³-hybridized carbons (Fsp3) is 0.214. The van der Waals surface area contributed by atoms with E-state index in [2.05, 4.69) is 18.2 Å². The molecule has 16 heavy (non-hydrogen) atoms. The molecular weight excluding hydrogens is 198 g/mol. The quantitative estimate of drug-likeness (QED) is 0.850. The molecule has 0 amide bonds. The number of hydrogen-bond donors (Lipinski definition) is 1. The topological polar surface area (TPSA) is 43.1 Å². The van der Waals surface area contributed by atoms with Gasteiger partial charge in [-0.3, -0.25) is 4.79 Å². The number of Topliss-reactive ketones (excluding diaryl/α,β-unsaturated/α-hetero) is 1. The second-order valence-electron chi connectivity index (χ2n) is 4.06. The molecule has 0 fully saturated rings. The molecule has 1 atom stereocenters. The Morgan fingerprint density at radius 2 is 1.88 bits per heavy atom. The molecule has 0 bridgehead atoms. The summed E-state index contributed by atoms with van der Waals surface area (Å²) < 4.78 is 0. The molecule has 0 aromatic heterocycles. The molecule has 2 aromatic carbocycles. The van der Waals surface area contributed by atoms with E-state index in [1.807, 2.05) is 24.3 Å². The number of rotatable bonds is 3. The highest BCUT2D eigenvalue weighted by atomic mass is 16.1.